The topological polar surface area (TPSA) is 79.3 Å². The van der Waals surface area contributed by atoms with Crippen LogP contribution in [-0.2, 0) is 5.33 Å². The third-order valence-electron chi connectivity index (χ3n) is 4.00. The third kappa shape index (κ3) is 3.25. The first-order valence-electron chi connectivity index (χ1n) is 7.59. The molecule has 1 heterocycles. The van der Waals surface area contributed by atoms with Crippen LogP contribution < -0.4 is 5.32 Å². The first-order valence-corrected chi connectivity index (χ1v) is 8.72. The van der Waals surface area contributed by atoms with Crippen molar-refractivity contribution in [1.82, 2.24) is 4.98 Å². The second kappa shape index (κ2) is 7.03. The average molecular weight is 399 g/mol. The molecule has 0 atom stereocenters. The van der Waals surface area contributed by atoms with Crippen LogP contribution >= 0.6 is 15.9 Å². The van der Waals surface area contributed by atoms with Gasteiger partial charge in [-0.2, -0.15) is 0 Å². The lowest BCUT2D eigenvalue weighted by Gasteiger charge is -2.13. The van der Waals surface area contributed by atoms with Crippen LogP contribution in [0.3, 0.4) is 0 Å². The van der Waals surface area contributed by atoms with E-state index in [1.807, 2.05) is 30.3 Å². The minimum atomic E-state index is -1.18. The molecule has 0 spiro atoms. The van der Waals surface area contributed by atoms with Crippen molar-refractivity contribution < 1.29 is 14.7 Å². The molecule has 2 N–H and O–H groups in total. The molecule has 3 rings (SSSR count). The smallest absolute Gasteiger partial charge is 0.356 e. The molecule has 0 bridgehead atoms. The van der Waals surface area contributed by atoms with Gasteiger partial charge in [-0.3, -0.25) is 4.79 Å². The minimum absolute atomic E-state index is 0.172. The molecule has 0 unspecified atom stereocenters. The van der Waals surface area contributed by atoms with Gasteiger partial charge < -0.3 is 10.4 Å². The number of fused-ring (bicyclic) bond motifs is 1. The van der Waals surface area contributed by atoms with Crippen LogP contribution in [0.1, 0.15) is 32.0 Å². The second-order valence-electron chi connectivity index (χ2n) is 5.56. The summed E-state index contributed by atoms with van der Waals surface area (Å²) in [6.07, 6.45) is 1.41. The zero-order valence-electron chi connectivity index (χ0n) is 13.4. The summed E-state index contributed by atoms with van der Waals surface area (Å²) in [5.74, 6) is -1.55. The highest BCUT2D eigenvalue weighted by molar-refractivity contribution is 9.08. The van der Waals surface area contributed by atoms with E-state index in [0.717, 1.165) is 16.3 Å². The van der Waals surface area contributed by atoms with Crippen molar-refractivity contribution in [3.8, 4) is 0 Å². The van der Waals surface area contributed by atoms with Crippen LogP contribution in [0.4, 0.5) is 5.69 Å². The molecular weight excluding hydrogens is 384 g/mol. The maximum atomic E-state index is 12.8. The fraction of sp³-hybridized carbons (Fsp3) is 0.105. The van der Waals surface area contributed by atoms with E-state index >= 15 is 0 Å². The highest BCUT2D eigenvalue weighted by atomic mass is 79.9. The Hall–Kier alpha value is -2.73. The van der Waals surface area contributed by atoms with Crippen LogP contribution in [0, 0.1) is 6.92 Å². The fourth-order valence-corrected chi connectivity index (χ4v) is 3.22. The lowest BCUT2D eigenvalue weighted by Crippen LogP contribution is -2.17. The van der Waals surface area contributed by atoms with Gasteiger partial charge in [0.2, 0.25) is 0 Å². The number of rotatable bonds is 4. The number of nitrogens with zero attached hydrogens (tertiary/aromatic N) is 1. The van der Waals surface area contributed by atoms with Gasteiger partial charge in [0, 0.05) is 17.1 Å². The molecule has 25 heavy (non-hydrogen) atoms. The van der Waals surface area contributed by atoms with Crippen molar-refractivity contribution in [2.75, 3.05) is 5.32 Å². The zero-order valence-corrected chi connectivity index (χ0v) is 15.0. The number of halogens is 1. The van der Waals surface area contributed by atoms with Crippen LogP contribution in [0.2, 0.25) is 0 Å². The summed E-state index contributed by atoms with van der Waals surface area (Å²) >= 11 is 3.45. The third-order valence-corrected chi connectivity index (χ3v) is 4.61. The van der Waals surface area contributed by atoms with Crippen molar-refractivity contribution in [2.45, 2.75) is 12.3 Å². The molecule has 0 radical (unpaired) electrons. The standard InChI is InChI=1S/C19H15BrN2O3/c1-11-8-9-21-17(19(24)25)16(11)22-18(23)15-7-6-12(10-20)13-4-2-3-5-14(13)15/h2-9H,10H2,1H3,(H,22,23)(H,24,25). The van der Waals surface area contributed by atoms with E-state index in [1.54, 1.807) is 19.1 Å². The Kier molecular flexibility index (Phi) is 4.81. The minimum Gasteiger partial charge on any atom is -0.476 e. The van der Waals surface area contributed by atoms with Gasteiger partial charge in [-0.15, -0.1) is 0 Å². The number of aromatic nitrogens is 1. The van der Waals surface area contributed by atoms with Crippen molar-refractivity contribution >= 4 is 44.3 Å². The number of carbonyl (C=O) groups is 2. The van der Waals surface area contributed by atoms with Crippen molar-refractivity contribution in [2.24, 2.45) is 0 Å². The molecule has 1 aromatic heterocycles. The fourth-order valence-electron chi connectivity index (χ4n) is 2.74. The number of alkyl halides is 1. The van der Waals surface area contributed by atoms with Crippen molar-refractivity contribution in [3.05, 3.63) is 71.0 Å². The number of aryl methyl sites for hydroxylation is 1. The Morgan fingerprint density at radius 3 is 2.52 bits per heavy atom. The predicted molar refractivity (Wildman–Crippen MR) is 100 cm³/mol. The summed E-state index contributed by atoms with van der Waals surface area (Å²) in [6.45, 7) is 1.73. The highest BCUT2D eigenvalue weighted by Gasteiger charge is 2.18. The summed E-state index contributed by atoms with van der Waals surface area (Å²) in [5.41, 5.74) is 2.25. The van der Waals surface area contributed by atoms with E-state index in [1.165, 1.54) is 6.20 Å². The number of hydrogen-bond acceptors (Lipinski definition) is 3. The van der Waals surface area contributed by atoms with Crippen molar-refractivity contribution in [3.63, 3.8) is 0 Å². The highest BCUT2D eigenvalue weighted by Crippen LogP contribution is 2.26. The summed E-state index contributed by atoms with van der Waals surface area (Å²) < 4.78 is 0. The Morgan fingerprint density at radius 1 is 1.12 bits per heavy atom. The quantitative estimate of drug-likeness (QED) is 0.638. The molecule has 6 heteroatoms. The van der Waals surface area contributed by atoms with Crippen LogP contribution in [0.15, 0.2) is 48.7 Å². The van der Waals surface area contributed by atoms with Gasteiger partial charge in [0.15, 0.2) is 5.69 Å². The molecular formula is C19H15BrN2O3. The van der Waals surface area contributed by atoms with Crippen molar-refractivity contribution in [1.29, 1.82) is 0 Å². The van der Waals surface area contributed by atoms with Gasteiger partial charge in [0.1, 0.15) is 0 Å². The predicted octanol–water partition coefficient (Wildman–Crippen LogP) is 4.39. The number of benzene rings is 2. The first-order chi connectivity index (χ1) is 12.0. The number of pyridine rings is 1. The molecule has 0 aliphatic carbocycles. The lowest BCUT2D eigenvalue weighted by molar-refractivity contribution is 0.0691. The number of aromatic carboxylic acids is 1. The van der Waals surface area contributed by atoms with Gasteiger partial charge in [0.05, 0.1) is 5.69 Å². The molecule has 5 nitrogen and oxygen atoms in total. The molecule has 0 saturated carbocycles. The largest absolute Gasteiger partial charge is 0.476 e. The normalized spacial score (nSPS) is 10.6. The van der Waals surface area contributed by atoms with Crippen LogP contribution in [0.5, 0.6) is 0 Å². The van der Waals surface area contributed by atoms with E-state index < -0.39 is 5.97 Å². The molecule has 126 valence electrons. The number of amides is 1. The Balaban J connectivity index is 2.07. The van der Waals surface area contributed by atoms with E-state index in [9.17, 15) is 14.7 Å². The Labute approximate surface area is 152 Å². The average Bonchev–Trinajstić information content (AvgIpc) is 2.62. The van der Waals surface area contributed by atoms with Crippen LogP contribution in [0.25, 0.3) is 10.8 Å². The number of nitrogens with one attached hydrogen (secondary N) is 1. The summed E-state index contributed by atoms with van der Waals surface area (Å²) in [6, 6.07) is 12.9. The Morgan fingerprint density at radius 2 is 1.84 bits per heavy atom. The Bertz CT molecular complexity index is 986. The van der Waals surface area contributed by atoms with E-state index in [4.69, 9.17) is 0 Å². The first kappa shape index (κ1) is 17.1. The van der Waals surface area contributed by atoms with E-state index in [-0.39, 0.29) is 17.3 Å². The molecule has 0 aliphatic rings. The second-order valence-corrected chi connectivity index (χ2v) is 6.12. The van der Waals surface area contributed by atoms with Gasteiger partial charge in [0.25, 0.3) is 5.91 Å². The van der Waals surface area contributed by atoms with E-state index in [0.29, 0.717) is 16.5 Å². The van der Waals surface area contributed by atoms with Gasteiger partial charge in [-0.1, -0.05) is 46.3 Å². The van der Waals surface area contributed by atoms with Gasteiger partial charge in [-0.05, 0) is 41.0 Å². The van der Waals surface area contributed by atoms with E-state index in [2.05, 4.69) is 26.2 Å². The monoisotopic (exact) mass is 398 g/mol. The maximum Gasteiger partial charge on any atom is 0.356 e. The van der Waals surface area contributed by atoms with Gasteiger partial charge >= 0.3 is 5.97 Å². The summed E-state index contributed by atoms with van der Waals surface area (Å²) in [4.78, 5) is 28.0. The zero-order chi connectivity index (χ0) is 18.0. The molecule has 0 aliphatic heterocycles. The number of carboxylic acid groups (broad SMARTS) is 1. The summed E-state index contributed by atoms with van der Waals surface area (Å²) in [7, 11) is 0. The molecule has 0 saturated heterocycles. The number of carboxylic acids is 1. The summed E-state index contributed by atoms with van der Waals surface area (Å²) in [5, 5.41) is 14.5. The van der Waals surface area contributed by atoms with Gasteiger partial charge in [-0.25, -0.2) is 9.78 Å². The van der Waals surface area contributed by atoms with Crippen LogP contribution in [-0.4, -0.2) is 22.0 Å². The molecule has 1 amide bonds. The number of carbonyl (C=O) groups excluding carboxylic acids is 1. The number of hydrogen-bond donors (Lipinski definition) is 2. The molecule has 0 fully saturated rings. The number of anilines is 1. The molecule has 2 aromatic carbocycles. The maximum absolute atomic E-state index is 12.8. The lowest BCUT2D eigenvalue weighted by atomic mass is 9.99. The SMILES string of the molecule is Cc1ccnc(C(=O)O)c1NC(=O)c1ccc(CBr)c2ccccc12. The molecule has 3 aromatic rings.